The maximum atomic E-state index is 14.0. The van der Waals surface area contributed by atoms with Crippen molar-refractivity contribution in [2.24, 2.45) is 18.5 Å². The molecule has 0 unspecified atom stereocenters. The summed E-state index contributed by atoms with van der Waals surface area (Å²) >= 11 is 6.61. The summed E-state index contributed by atoms with van der Waals surface area (Å²) < 4.78 is 20.6. The molecule has 2 heterocycles. The minimum absolute atomic E-state index is 0.190. The molecule has 1 aliphatic rings. The summed E-state index contributed by atoms with van der Waals surface area (Å²) in [7, 11) is 1.82. The molecular formula is C33H33ClFN5O4. The van der Waals surface area contributed by atoms with Crippen molar-refractivity contribution in [2.45, 2.75) is 24.9 Å². The Bertz CT molecular complexity index is 1680. The van der Waals surface area contributed by atoms with E-state index in [0.29, 0.717) is 48.9 Å². The number of piperidine rings is 1. The van der Waals surface area contributed by atoms with E-state index in [2.05, 4.69) is 5.32 Å². The van der Waals surface area contributed by atoms with Crippen LogP contribution in [0.5, 0.6) is 5.75 Å². The maximum absolute atomic E-state index is 14.0. The number of nitrogens with zero attached hydrogens (tertiary/aromatic N) is 2. The number of halogens is 2. The number of hydrogen-bond donors (Lipinski definition) is 3. The molecular weight excluding hydrogens is 585 g/mol. The van der Waals surface area contributed by atoms with Crippen LogP contribution in [0.4, 0.5) is 4.39 Å². The lowest BCUT2D eigenvalue weighted by Crippen LogP contribution is -2.61. The molecule has 0 bridgehead atoms. The molecule has 0 atom stereocenters. The second-order valence-electron chi connectivity index (χ2n) is 10.8. The summed E-state index contributed by atoms with van der Waals surface area (Å²) in [6.45, 7) is 0.728. The molecule has 3 amide bonds. The van der Waals surface area contributed by atoms with Crippen molar-refractivity contribution >= 4 is 29.3 Å². The van der Waals surface area contributed by atoms with Gasteiger partial charge in [0.2, 0.25) is 5.91 Å². The predicted octanol–water partition coefficient (Wildman–Crippen LogP) is 4.27. The van der Waals surface area contributed by atoms with Crippen molar-refractivity contribution in [1.29, 1.82) is 0 Å². The van der Waals surface area contributed by atoms with Gasteiger partial charge < -0.3 is 25.7 Å². The van der Waals surface area contributed by atoms with Gasteiger partial charge in [0.1, 0.15) is 22.8 Å². The van der Waals surface area contributed by atoms with E-state index in [4.69, 9.17) is 27.8 Å². The molecule has 0 aliphatic carbocycles. The summed E-state index contributed by atoms with van der Waals surface area (Å²) in [4.78, 5) is 39.4. The summed E-state index contributed by atoms with van der Waals surface area (Å²) in [5.74, 6) is -1.10. The number of carbonyl (C=O) groups is 3. The highest BCUT2D eigenvalue weighted by Crippen LogP contribution is 2.39. The first-order chi connectivity index (χ1) is 21.1. The number of aromatic nitrogens is 1. The molecule has 1 aromatic heterocycles. The second-order valence-corrected chi connectivity index (χ2v) is 11.2. The van der Waals surface area contributed by atoms with Crippen LogP contribution in [0.3, 0.4) is 0 Å². The Hall–Kier alpha value is -4.67. The quantitative estimate of drug-likeness (QED) is 0.245. The van der Waals surface area contributed by atoms with E-state index in [1.54, 1.807) is 35.2 Å². The number of ether oxygens (including phenoxy) is 1. The van der Waals surface area contributed by atoms with Gasteiger partial charge in [0.05, 0.1) is 5.69 Å². The van der Waals surface area contributed by atoms with Gasteiger partial charge in [-0.3, -0.25) is 19.7 Å². The Labute approximate surface area is 259 Å². The predicted molar refractivity (Wildman–Crippen MR) is 166 cm³/mol. The smallest absolute Gasteiger partial charge is 0.270 e. The number of hydrogen-bond acceptors (Lipinski definition) is 5. The summed E-state index contributed by atoms with van der Waals surface area (Å²) in [5.41, 5.74) is 14.4. The number of rotatable bonds is 10. The van der Waals surface area contributed by atoms with Gasteiger partial charge >= 0.3 is 0 Å². The largest absolute Gasteiger partial charge is 0.484 e. The van der Waals surface area contributed by atoms with Crippen molar-refractivity contribution in [2.75, 3.05) is 19.7 Å². The highest BCUT2D eigenvalue weighted by atomic mass is 35.5. The molecule has 9 nitrogen and oxygen atoms in total. The third-order valence-corrected chi connectivity index (χ3v) is 8.37. The van der Waals surface area contributed by atoms with Crippen LogP contribution < -0.4 is 21.5 Å². The summed E-state index contributed by atoms with van der Waals surface area (Å²) in [5, 5.41) is 3.81. The van der Waals surface area contributed by atoms with Gasteiger partial charge in [-0.2, -0.15) is 0 Å². The highest BCUT2D eigenvalue weighted by Gasteiger charge is 2.41. The van der Waals surface area contributed by atoms with Crippen molar-refractivity contribution in [3.05, 3.63) is 101 Å². The zero-order valence-corrected chi connectivity index (χ0v) is 24.9. The zero-order chi connectivity index (χ0) is 31.4. The molecule has 0 saturated carbocycles. The average Bonchev–Trinajstić information content (AvgIpc) is 3.36. The van der Waals surface area contributed by atoms with Gasteiger partial charge in [0.15, 0.2) is 6.61 Å². The zero-order valence-electron chi connectivity index (χ0n) is 24.2. The average molecular weight is 618 g/mol. The highest BCUT2D eigenvalue weighted by molar-refractivity contribution is 6.33. The number of nitrogens with two attached hydrogens (primary N) is 2. The topological polar surface area (TPSA) is 133 Å². The number of benzene rings is 3. The Morgan fingerprint density at radius 1 is 0.955 bits per heavy atom. The lowest BCUT2D eigenvalue weighted by atomic mass is 9.86. The van der Waals surface area contributed by atoms with Gasteiger partial charge in [0.25, 0.3) is 11.8 Å². The molecule has 1 aliphatic heterocycles. The molecule has 3 aromatic carbocycles. The Morgan fingerprint density at radius 2 is 1.61 bits per heavy atom. The molecule has 1 fully saturated rings. The number of primary amides is 2. The minimum atomic E-state index is -0.994. The third kappa shape index (κ3) is 6.46. The van der Waals surface area contributed by atoms with Gasteiger partial charge in [-0.1, -0.05) is 41.9 Å². The van der Waals surface area contributed by atoms with E-state index >= 15 is 0 Å². The molecule has 1 saturated heterocycles. The number of nitrogens with one attached hydrogen (secondary N) is 1. The van der Waals surface area contributed by atoms with E-state index < -0.39 is 17.4 Å². The van der Waals surface area contributed by atoms with Crippen LogP contribution in [0.1, 0.15) is 28.9 Å². The monoisotopic (exact) mass is 617 g/mol. The van der Waals surface area contributed by atoms with Crippen LogP contribution in [0.15, 0.2) is 78.9 Å². The van der Waals surface area contributed by atoms with Crippen molar-refractivity contribution < 1.29 is 23.5 Å². The lowest BCUT2D eigenvalue weighted by molar-refractivity contribution is -0.126. The normalized spacial score (nSPS) is 14.3. The molecule has 5 N–H and O–H groups in total. The number of amides is 3. The Morgan fingerprint density at radius 3 is 2.23 bits per heavy atom. The summed E-state index contributed by atoms with van der Waals surface area (Å²) in [6, 6.07) is 22.4. The standard InChI is InChI=1S/C33H33ClFN5O4/c1-39-28(31(42)40-16-14-33(15-17-40,32(37)43)38-19-21-6-10-23(35)11-7-21)18-26(25-4-2-3-5-27(25)34)30(39)22-8-12-24(13-9-22)44-20-29(36)41/h2-13,18,38H,14-17,19-20H2,1H3,(H2,36,41)(H2,37,43). The van der Waals surface area contributed by atoms with Gasteiger partial charge in [-0.15, -0.1) is 0 Å². The van der Waals surface area contributed by atoms with Crippen LogP contribution >= 0.6 is 11.6 Å². The summed E-state index contributed by atoms with van der Waals surface area (Å²) in [6.07, 6.45) is 0.660. The molecule has 228 valence electrons. The Balaban J connectivity index is 1.40. The van der Waals surface area contributed by atoms with Crippen LogP contribution in [0, 0.1) is 5.82 Å². The lowest BCUT2D eigenvalue weighted by Gasteiger charge is -2.40. The van der Waals surface area contributed by atoms with Crippen LogP contribution in [0.25, 0.3) is 22.4 Å². The SMILES string of the molecule is Cn1c(C(=O)N2CCC(NCc3ccc(F)cc3)(C(N)=O)CC2)cc(-c2ccccc2Cl)c1-c1ccc(OCC(N)=O)cc1. The van der Waals surface area contributed by atoms with Crippen molar-refractivity contribution in [3.63, 3.8) is 0 Å². The maximum Gasteiger partial charge on any atom is 0.270 e. The first-order valence-electron chi connectivity index (χ1n) is 14.1. The van der Waals surface area contributed by atoms with Gasteiger partial charge in [0, 0.05) is 42.8 Å². The van der Waals surface area contributed by atoms with Crippen LogP contribution in [-0.2, 0) is 23.2 Å². The van der Waals surface area contributed by atoms with E-state index in [1.165, 1.54) is 12.1 Å². The van der Waals surface area contributed by atoms with Crippen molar-refractivity contribution in [3.8, 4) is 28.1 Å². The van der Waals surface area contributed by atoms with Gasteiger partial charge in [-0.25, -0.2) is 4.39 Å². The third-order valence-electron chi connectivity index (χ3n) is 8.04. The van der Waals surface area contributed by atoms with E-state index in [9.17, 15) is 18.8 Å². The fourth-order valence-electron chi connectivity index (χ4n) is 5.54. The molecule has 5 rings (SSSR count). The van der Waals surface area contributed by atoms with E-state index in [0.717, 1.165) is 27.9 Å². The molecule has 44 heavy (non-hydrogen) atoms. The fraction of sp³-hybridized carbons (Fsp3) is 0.242. The van der Waals surface area contributed by atoms with E-state index in [1.807, 2.05) is 48.0 Å². The number of carbonyl (C=O) groups excluding carboxylic acids is 3. The van der Waals surface area contributed by atoms with Crippen molar-refractivity contribution in [1.82, 2.24) is 14.8 Å². The first-order valence-corrected chi connectivity index (χ1v) is 14.5. The van der Waals surface area contributed by atoms with Crippen LogP contribution in [0.2, 0.25) is 5.02 Å². The van der Waals surface area contributed by atoms with E-state index in [-0.39, 0.29) is 18.3 Å². The molecule has 4 aromatic rings. The first kappa shape index (κ1) is 30.8. The molecule has 0 radical (unpaired) electrons. The van der Waals surface area contributed by atoms with Crippen LogP contribution in [-0.4, -0.2) is 52.4 Å². The fourth-order valence-corrected chi connectivity index (χ4v) is 5.78. The number of likely N-dealkylation sites (tertiary alicyclic amines) is 1. The molecule has 0 spiro atoms. The minimum Gasteiger partial charge on any atom is -0.484 e. The second kappa shape index (κ2) is 12.9. The Kier molecular flexibility index (Phi) is 9.03. The van der Waals surface area contributed by atoms with Gasteiger partial charge in [-0.05, 0) is 72.5 Å². The molecule has 11 heteroatoms.